The Bertz CT molecular complexity index is 1310. The molecule has 39 heavy (non-hydrogen) atoms. The van der Waals surface area contributed by atoms with Gasteiger partial charge in [-0.15, -0.1) is 10.2 Å². The van der Waals surface area contributed by atoms with Crippen LogP contribution >= 0.6 is 23.4 Å². The SMILES string of the molecule is COc1cc(C=NNC(=O)CSc2nnc(-c3ccc(Cl)cc3)n2C2CCCCC2)cc(OC)c1OC(C)=O. The number of methoxy groups -OCH3 is 2. The van der Waals surface area contributed by atoms with E-state index in [0.29, 0.717) is 27.2 Å². The lowest BCUT2D eigenvalue weighted by molar-refractivity contribution is -0.132. The second kappa shape index (κ2) is 13.5. The normalized spacial score (nSPS) is 13.8. The molecule has 1 fully saturated rings. The average molecular weight is 572 g/mol. The highest BCUT2D eigenvalue weighted by atomic mass is 35.5. The molecule has 0 unspecified atom stereocenters. The van der Waals surface area contributed by atoms with Crippen molar-refractivity contribution in [2.45, 2.75) is 50.2 Å². The Labute approximate surface area is 236 Å². The quantitative estimate of drug-likeness (QED) is 0.115. The molecule has 1 aliphatic rings. The molecule has 0 spiro atoms. The third-order valence-corrected chi connectivity index (χ3v) is 7.37. The summed E-state index contributed by atoms with van der Waals surface area (Å²) in [5, 5.41) is 14.3. The molecule has 1 heterocycles. The Morgan fingerprint density at radius 3 is 2.38 bits per heavy atom. The maximum atomic E-state index is 12.6. The Kier molecular flexibility index (Phi) is 9.83. The number of hydrogen-bond acceptors (Lipinski definition) is 9. The van der Waals surface area contributed by atoms with E-state index in [1.54, 1.807) is 12.1 Å². The van der Waals surface area contributed by atoms with E-state index in [1.807, 2.05) is 24.3 Å². The van der Waals surface area contributed by atoms with Gasteiger partial charge in [0.2, 0.25) is 5.75 Å². The van der Waals surface area contributed by atoms with Crippen LogP contribution in [0.15, 0.2) is 46.7 Å². The zero-order chi connectivity index (χ0) is 27.8. The van der Waals surface area contributed by atoms with Gasteiger partial charge in [0.1, 0.15) is 0 Å². The van der Waals surface area contributed by atoms with Gasteiger partial charge in [0.15, 0.2) is 22.5 Å². The number of hydrogen-bond donors (Lipinski definition) is 1. The van der Waals surface area contributed by atoms with Crippen molar-refractivity contribution in [3.8, 4) is 28.6 Å². The van der Waals surface area contributed by atoms with E-state index in [2.05, 4.69) is 25.3 Å². The zero-order valence-corrected chi connectivity index (χ0v) is 23.6. The molecule has 10 nitrogen and oxygen atoms in total. The first-order valence-electron chi connectivity index (χ1n) is 12.5. The molecule has 4 rings (SSSR count). The standard InChI is InChI=1S/C27H30ClN5O5S/c1-17(34)38-25-22(36-2)13-18(14-23(25)37-3)15-29-30-24(35)16-39-27-32-31-26(19-9-11-20(28)12-10-19)33(27)21-7-5-4-6-8-21/h9-15,21H,4-8,16H2,1-3H3,(H,30,35). The molecule has 0 atom stereocenters. The fourth-order valence-corrected chi connectivity index (χ4v) is 5.32. The van der Waals surface area contributed by atoms with Crippen molar-refractivity contribution < 1.29 is 23.8 Å². The van der Waals surface area contributed by atoms with Crippen LogP contribution in [0.2, 0.25) is 5.02 Å². The van der Waals surface area contributed by atoms with Crippen LogP contribution < -0.4 is 19.6 Å². The van der Waals surface area contributed by atoms with Crippen LogP contribution in [0.1, 0.15) is 50.6 Å². The van der Waals surface area contributed by atoms with E-state index in [-0.39, 0.29) is 23.5 Å². The van der Waals surface area contributed by atoms with E-state index in [1.165, 1.54) is 45.5 Å². The molecule has 1 amide bonds. The molecule has 0 aliphatic heterocycles. The fraction of sp³-hybridized carbons (Fsp3) is 0.370. The van der Waals surface area contributed by atoms with Crippen molar-refractivity contribution in [1.82, 2.24) is 20.2 Å². The highest BCUT2D eigenvalue weighted by Crippen LogP contribution is 2.38. The number of aromatic nitrogens is 3. The second-order valence-corrected chi connectivity index (χ2v) is 10.3. The van der Waals surface area contributed by atoms with Gasteiger partial charge in [-0.1, -0.05) is 42.6 Å². The van der Waals surface area contributed by atoms with Gasteiger partial charge in [0.25, 0.3) is 5.91 Å². The van der Waals surface area contributed by atoms with Crippen LogP contribution in [0.5, 0.6) is 17.2 Å². The van der Waals surface area contributed by atoms with E-state index >= 15 is 0 Å². The van der Waals surface area contributed by atoms with Crippen molar-refractivity contribution >= 4 is 41.5 Å². The minimum absolute atomic E-state index is 0.112. The van der Waals surface area contributed by atoms with Crippen LogP contribution in [0, 0.1) is 0 Å². The summed E-state index contributed by atoms with van der Waals surface area (Å²) < 4.78 is 18.0. The van der Waals surface area contributed by atoms with Gasteiger partial charge in [0, 0.05) is 29.1 Å². The lowest BCUT2D eigenvalue weighted by atomic mass is 9.95. The van der Waals surface area contributed by atoms with Gasteiger partial charge in [-0.3, -0.25) is 14.2 Å². The largest absolute Gasteiger partial charge is 0.493 e. The number of hydrazone groups is 1. The Hall–Kier alpha value is -3.57. The maximum absolute atomic E-state index is 12.6. The third kappa shape index (κ3) is 7.30. The smallest absolute Gasteiger partial charge is 0.308 e. The highest BCUT2D eigenvalue weighted by Gasteiger charge is 2.24. The molecular weight excluding hydrogens is 542 g/mol. The van der Waals surface area contributed by atoms with E-state index in [9.17, 15) is 9.59 Å². The molecule has 0 radical (unpaired) electrons. The molecule has 1 saturated carbocycles. The Morgan fingerprint density at radius 2 is 1.77 bits per heavy atom. The molecule has 206 valence electrons. The summed E-state index contributed by atoms with van der Waals surface area (Å²) in [6.45, 7) is 1.29. The molecule has 1 aromatic heterocycles. The minimum atomic E-state index is -0.502. The van der Waals surface area contributed by atoms with E-state index < -0.39 is 5.97 Å². The summed E-state index contributed by atoms with van der Waals surface area (Å²) in [6, 6.07) is 11.1. The number of esters is 1. The number of thioether (sulfide) groups is 1. The van der Waals surface area contributed by atoms with Gasteiger partial charge in [0.05, 0.1) is 26.2 Å². The number of carbonyl (C=O) groups is 2. The van der Waals surface area contributed by atoms with E-state index in [0.717, 1.165) is 37.1 Å². The zero-order valence-electron chi connectivity index (χ0n) is 22.0. The minimum Gasteiger partial charge on any atom is -0.493 e. The summed E-state index contributed by atoms with van der Waals surface area (Å²) in [7, 11) is 2.90. The van der Waals surface area contributed by atoms with Crippen molar-refractivity contribution in [2.75, 3.05) is 20.0 Å². The number of halogens is 1. The van der Waals surface area contributed by atoms with Crippen molar-refractivity contribution in [3.05, 3.63) is 47.0 Å². The van der Waals surface area contributed by atoms with Gasteiger partial charge in [-0.05, 0) is 49.2 Å². The third-order valence-electron chi connectivity index (χ3n) is 6.17. The summed E-state index contributed by atoms with van der Waals surface area (Å²) >= 11 is 7.40. The molecular formula is C27H30ClN5O5S. The summed E-state index contributed by atoms with van der Waals surface area (Å²) in [4.78, 5) is 24.0. The molecule has 12 heteroatoms. The van der Waals surface area contributed by atoms with Crippen molar-refractivity contribution in [1.29, 1.82) is 0 Å². The molecule has 1 N–H and O–H groups in total. The number of nitrogens with one attached hydrogen (secondary N) is 1. The van der Waals surface area contributed by atoms with E-state index in [4.69, 9.17) is 25.8 Å². The van der Waals surface area contributed by atoms with Crippen LogP contribution in [0.4, 0.5) is 0 Å². The summed E-state index contributed by atoms with van der Waals surface area (Å²) in [5.74, 6) is 0.860. The lowest BCUT2D eigenvalue weighted by Crippen LogP contribution is -2.20. The first-order chi connectivity index (χ1) is 18.9. The Balaban J connectivity index is 1.44. The van der Waals surface area contributed by atoms with Gasteiger partial charge in [-0.2, -0.15) is 5.10 Å². The lowest BCUT2D eigenvalue weighted by Gasteiger charge is -2.25. The summed E-state index contributed by atoms with van der Waals surface area (Å²) in [5.41, 5.74) is 4.05. The topological polar surface area (TPSA) is 117 Å². The first kappa shape index (κ1) is 28.4. The van der Waals surface area contributed by atoms with Gasteiger partial charge < -0.3 is 14.2 Å². The molecule has 2 aromatic carbocycles. The number of amides is 1. The predicted octanol–water partition coefficient (Wildman–Crippen LogP) is 5.29. The van der Waals surface area contributed by atoms with Crippen molar-refractivity contribution in [3.63, 3.8) is 0 Å². The van der Waals surface area contributed by atoms with Gasteiger partial charge in [-0.25, -0.2) is 5.43 Å². The summed E-state index contributed by atoms with van der Waals surface area (Å²) in [6.07, 6.45) is 7.08. The van der Waals surface area contributed by atoms with Crippen LogP contribution in [0.3, 0.4) is 0 Å². The molecule has 0 bridgehead atoms. The van der Waals surface area contributed by atoms with Crippen molar-refractivity contribution in [2.24, 2.45) is 5.10 Å². The number of ether oxygens (including phenoxy) is 3. The number of carbonyl (C=O) groups excluding carboxylic acids is 2. The van der Waals surface area contributed by atoms with Crippen LogP contribution in [-0.4, -0.2) is 52.8 Å². The first-order valence-corrected chi connectivity index (χ1v) is 13.9. The number of rotatable bonds is 10. The van der Waals surface area contributed by atoms with Crippen LogP contribution in [-0.2, 0) is 9.59 Å². The van der Waals surface area contributed by atoms with Crippen LogP contribution in [0.25, 0.3) is 11.4 Å². The molecule has 1 aliphatic carbocycles. The molecule has 3 aromatic rings. The van der Waals surface area contributed by atoms with Gasteiger partial charge >= 0.3 is 5.97 Å². The monoisotopic (exact) mass is 571 g/mol. The molecule has 0 saturated heterocycles. The number of benzene rings is 2. The second-order valence-electron chi connectivity index (χ2n) is 8.90. The predicted molar refractivity (Wildman–Crippen MR) is 150 cm³/mol. The Morgan fingerprint density at radius 1 is 1.10 bits per heavy atom. The highest BCUT2D eigenvalue weighted by molar-refractivity contribution is 7.99. The number of nitrogens with zero attached hydrogens (tertiary/aromatic N) is 4. The average Bonchev–Trinajstić information content (AvgIpc) is 3.37. The fourth-order valence-electron chi connectivity index (χ4n) is 4.40. The maximum Gasteiger partial charge on any atom is 0.308 e.